The number of nitrogens with zero attached hydrogens (tertiary/aromatic N) is 3. The molecular weight excluding hydrogens is 290 g/mol. The lowest BCUT2D eigenvalue weighted by Crippen LogP contribution is -2.48. The second kappa shape index (κ2) is 5.40. The van der Waals surface area contributed by atoms with E-state index in [-0.39, 0.29) is 4.90 Å². The molecule has 0 aliphatic carbocycles. The molecule has 3 rings (SSSR count). The fourth-order valence-corrected chi connectivity index (χ4v) is 4.05. The average molecular weight is 309 g/mol. The van der Waals surface area contributed by atoms with Gasteiger partial charge in [-0.25, -0.2) is 13.4 Å². The number of rotatable bonds is 3. The van der Waals surface area contributed by atoms with E-state index in [2.05, 4.69) is 16.8 Å². The summed E-state index contributed by atoms with van der Waals surface area (Å²) in [5.74, 6) is 0.538. The fourth-order valence-electron chi connectivity index (χ4n) is 2.62. The molecule has 1 aromatic carbocycles. The second-order valence-electron chi connectivity index (χ2n) is 5.20. The predicted molar refractivity (Wildman–Crippen MR) is 79.6 cm³/mol. The monoisotopic (exact) mass is 309 g/mol. The Morgan fingerprint density at radius 3 is 2.62 bits per heavy atom. The summed E-state index contributed by atoms with van der Waals surface area (Å²) in [6.45, 7) is 7.41. The maximum Gasteiger partial charge on any atom is 0.243 e. The molecule has 114 valence electrons. The van der Waals surface area contributed by atoms with Crippen molar-refractivity contribution in [3.8, 4) is 0 Å². The van der Waals surface area contributed by atoms with Crippen molar-refractivity contribution in [2.75, 3.05) is 32.7 Å². The van der Waals surface area contributed by atoms with Crippen molar-refractivity contribution in [1.82, 2.24) is 14.2 Å². The second-order valence-corrected chi connectivity index (χ2v) is 7.14. The van der Waals surface area contributed by atoms with Crippen LogP contribution in [-0.2, 0) is 10.0 Å². The van der Waals surface area contributed by atoms with E-state index in [0.717, 1.165) is 19.6 Å². The fraction of sp³-hybridized carbons (Fsp3) is 0.500. The van der Waals surface area contributed by atoms with Gasteiger partial charge in [0.25, 0.3) is 0 Å². The number of likely N-dealkylation sites (N-methyl/N-ethyl adjacent to an activating group) is 1. The summed E-state index contributed by atoms with van der Waals surface area (Å²) in [6, 6.07) is 4.86. The van der Waals surface area contributed by atoms with Gasteiger partial charge >= 0.3 is 0 Å². The topological polar surface area (TPSA) is 66.7 Å². The molecule has 1 fully saturated rings. The third kappa shape index (κ3) is 2.68. The standard InChI is InChI=1S/C14H19N3O3S/c1-3-16-6-8-17(9-7-16)21(18,19)12-4-5-13-14(10-12)20-11(2)15-13/h4-5,10H,3,6-9H2,1-2H3. The molecule has 0 bridgehead atoms. The van der Waals surface area contributed by atoms with E-state index in [4.69, 9.17) is 4.42 Å². The predicted octanol–water partition coefficient (Wildman–Crippen LogP) is 1.46. The summed E-state index contributed by atoms with van der Waals surface area (Å²) in [7, 11) is -3.46. The van der Waals surface area contributed by atoms with Crippen molar-refractivity contribution in [2.24, 2.45) is 0 Å². The lowest BCUT2D eigenvalue weighted by atomic mass is 10.3. The van der Waals surface area contributed by atoms with Gasteiger partial charge in [-0.05, 0) is 18.7 Å². The van der Waals surface area contributed by atoms with Crippen LogP contribution in [0.15, 0.2) is 27.5 Å². The van der Waals surface area contributed by atoms with Crippen LogP contribution in [0.4, 0.5) is 0 Å². The van der Waals surface area contributed by atoms with Crippen LogP contribution in [-0.4, -0.2) is 55.3 Å². The van der Waals surface area contributed by atoms with Gasteiger partial charge in [-0.2, -0.15) is 4.31 Å². The largest absolute Gasteiger partial charge is 0.441 e. The minimum Gasteiger partial charge on any atom is -0.441 e. The molecule has 1 aliphatic heterocycles. The first-order chi connectivity index (χ1) is 10.0. The molecule has 0 N–H and O–H groups in total. The summed E-state index contributed by atoms with van der Waals surface area (Å²) in [4.78, 5) is 6.71. The smallest absolute Gasteiger partial charge is 0.243 e. The highest BCUT2D eigenvalue weighted by atomic mass is 32.2. The van der Waals surface area contributed by atoms with E-state index in [1.807, 2.05) is 0 Å². The summed E-state index contributed by atoms with van der Waals surface area (Å²) in [5.41, 5.74) is 1.20. The van der Waals surface area contributed by atoms with Crippen LogP contribution >= 0.6 is 0 Å². The van der Waals surface area contributed by atoms with Gasteiger partial charge in [-0.15, -0.1) is 0 Å². The Hall–Kier alpha value is -1.44. The van der Waals surface area contributed by atoms with Gasteiger partial charge in [0.15, 0.2) is 11.5 Å². The molecular formula is C14H19N3O3S. The normalized spacial score (nSPS) is 18.4. The lowest BCUT2D eigenvalue weighted by molar-refractivity contribution is 0.196. The number of oxazole rings is 1. The zero-order valence-electron chi connectivity index (χ0n) is 12.2. The number of aryl methyl sites for hydroxylation is 1. The molecule has 21 heavy (non-hydrogen) atoms. The minimum atomic E-state index is -3.46. The Kier molecular flexibility index (Phi) is 3.73. The SMILES string of the molecule is CCN1CCN(S(=O)(=O)c2ccc3nc(C)oc3c2)CC1. The van der Waals surface area contributed by atoms with E-state index < -0.39 is 10.0 Å². The third-order valence-corrected chi connectivity index (χ3v) is 5.78. The molecule has 0 unspecified atom stereocenters. The molecule has 1 aliphatic rings. The first-order valence-corrected chi connectivity index (χ1v) is 8.54. The molecule has 0 spiro atoms. The van der Waals surface area contributed by atoms with Crippen LogP contribution < -0.4 is 0 Å². The number of hydrogen-bond acceptors (Lipinski definition) is 5. The van der Waals surface area contributed by atoms with Crippen LogP contribution in [0.2, 0.25) is 0 Å². The zero-order valence-corrected chi connectivity index (χ0v) is 13.1. The number of benzene rings is 1. The molecule has 2 aromatic rings. The number of sulfonamides is 1. The van der Waals surface area contributed by atoms with E-state index in [0.29, 0.717) is 30.1 Å². The summed E-state index contributed by atoms with van der Waals surface area (Å²) in [5, 5.41) is 0. The Bertz CT molecular complexity index is 746. The van der Waals surface area contributed by atoms with Crippen LogP contribution in [0.1, 0.15) is 12.8 Å². The van der Waals surface area contributed by atoms with E-state index in [1.165, 1.54) is 0 Å². The number of fused-ring (bicyclic) bond motifs is 1. The molecule has 0 amide bonds. The van der Waals surface area contributed by atoms with Crippen LogP contribution in [0.5, 0.6) is 0 Å². The average Bonchev–Trinajstić information content (AvgIpc) is 2.86. The van der Waals surface area contributed by atoms with Crippen molar-refractivity contribution < 1.29 is 12.8 Å². The van der Waals surface area contributed by atoms with Crippen LogP contribution in [0.3, 0.4) is 0 Å². The van der Waals surface area contributed by atoms with E-state index >= 15 is 0 Å². The highest BCUT2D eigenvalue weighted by Gasteiger charge is 2.28. The maximum atomic E-state index is 12.7. The Balaban J connectivity index is 1.89. The first-order valence-electron chi connectivity index (χ1n) is 7.10. The van der Waals surface area contributed by atoms with Crippen LogP contribution in [0, 0.1) is 6.92 Å². The minimum absolute atomic E-state index is 0.274. The summed E-state index contributed by atoms with van der Waals surface area (Å²) < 4.78 is 32.3. The van der Waals surface area contributed by atoms with Crippen molar-refractivity contribution in [2.45, 2.75) is 18.7 Å². The third-order valence-electron chi connectivity index (χ3n) is 3.88. The summed E-state index contributed by atoms with van der Waals surface area (Å²) in [6.07, 6.45) is 0. The van der Waals surface area contributed by atoms with Gasteiger partial charge in [-0.3, -0.25) is 0 Å². The van der Waals surface area contributed by atoms with E-state index in [1.54, 1.807) is 29.4 Å². The van der Waals surface area contributed by atoms with Crippen molar-refractivity contribution >= 4 is 21.1 Å². The number of piperazine rings is 1. The van der Waals surface area contributed by atoms with Crippen molar-refractivity contribution in [1.29, 1.82) is 0 Å². The Morgan fingerprint density at radius 1 is 1.24 bits per heavy atom. The molecule has 1 saturated heterocycles. The maximum absolute atomic E-state index is 12.7. The highest BCUT2D eigenvalue weighted by Crippen LogP contribution is 2.23. The first kappa shape index (κ1) is 14.5. The Morgan fingerprint density at radius 2 is 1.95 bits per heavy atom. The molecule has 2 heterocycles. The summed E-state index contributed by atoms with van der Waals surface area (Å²) >= 11 is 0. The van der Waals surface area contributed by atoms with Gasteiger partial charge in [-0.1, -0.05) is 6.92 Å². The molecule has 1 aromatic heterocycles. The van der Waals surface area contributed by atoms with Crippen molar-refractivity contribution in [3.05, 3.63) is 24.1 Å². The molecule has 6 nitrogen and oxygen atoms in total. The number of aromatic nitrogens is 1. The van der Waals surface area contributed by atoms with Gasteiger partial charge in [0.05, 0.1) is 4.90 Å². The Labute approximate surface area is 124 Å². The molecule has 7 heteroatoms. The van der Waals surface area contributed by atoms with E-state index in [9.17, 15) is 8.42 Å². The van der Waals surface area contributed by atoms with Gasteiger partial charge < -0.3 is 9.32 Å². The quantitative estimate of drug-likeness (QED) is 0.859. The van der Waals surface area contributed by atoms with Gasteiger partial charge in [0.1, 0.15) is 5.52 Å². The molecule has 0 atom stereocenters. The lowest BCUT2D eigenvalue weighted by Gasteiger charge is -2.33. The van der Waals surface area contributed by atoms with Crippen LogP contribution in [0.25, 0.3) is 11.1 Å². The van der Waals surface area contributed by atoms with Gasteiger partial charge in [0.2, 0.25) is 10.0 Å². The van der Waals surface area contributed by atoms with Crippen molar-refractivity contribution in [3.63, 3.8) is 0 Å². The molecule has 0 radical (unpaired) electrons. The highest BCUT2D eigenvalue weighted by molar-refractivity contribution is 7.89. The van der Waals surface area contributed by atoms with Gasteiger partial charge in [0, 0.05) is 39.2 Å². The zero-order chi connectivity index (χ0) is 15.0. The number of hydrogen-bond donors (Lipinski definition) is 0. The molecule has 0 saturated carbocycles.